The van der Waals surface area contributed by atoms with Gasteiger partial charge in [0.2, 0.25) is 5.91 Å². The number of rotatable bonds is 3. The topological polar surface area (TPSA) is 81.1 Å². The molecule has 0 aromatic heterocycles. The van der Waals surface area contributed by atoms with Crippen molar-refractivity contribution < 1.29 is 4.79 Å². The number of hydrogen-bond donors (Lipinski definition) is 3. The summed E-state index contributed by atoms with van der Waals surface area (Å²) in [4.78, 5) is 10.3. The molecule has 54 valence electrons. The van der Waals surface area contributed by atoms with E-state index >= 15 is 0 Å². The Bertz CT molecular complexity index is 90.2. The smallest absolute Gasteiger partial charge is 0.217 e. The van der Waals surface area contributed by atoms with E-state index < -0.39 is 0 Å². The molecule has 5 N–H and O–H groups in total. The minimum Gasteiger partial charge on any atom is -0.351 e. The molecule has 0 bridgehead atoms. The van der Waals surface area contributed by atoms with Crippen molar-refractivity contribution in [3.05, 3.63) is 0 Å². The van der Waals surface area contributed by atoms with Crippen molar-refractivity contribution in [1.29, 1.82) is 0 Å². The minimum absolute atomic E-state index is 0.0671. The Morgan fingerprint density at radius 3 is 2.11 bits per heavy atom. The molecule has 4 heteroatoms. The fraction of sp³-hybridized carbons (Fsp3) is 0.800. The first kappa shape index (κ1) is 8.39. The van der Waals surface area contributed by atoms with Crippen LogP contribution in [0.1, 0.15) is 6.92 Å². The van der Waals surface area contributed by atoms with Gasteiger partial charge >= 0.3 is 0 Å². The Morgan fingerprint density at radius 2 is 2.00 bits per heavy atom. The molecule has 0 aliphatic carbocycles. The van der Waals surface area contributed by atoms with Crippen LogP contribution in [0, 0.1) is 0 Å². The molecule has 0 spiro atoms. The van der Waals surface area contributed by atoms with Crippen molar-refractivity contribution in [3.63, 3.8) is 0 Å². The van der Waals surface area contributed by atoms with Gasteiger partial charge in [0.05, 0.1) is 6.04 Å². The van der Waals surface area contributed by atoms with E-state index in [2.05, 4.69) is 5.32 Å². The average Bonchev–Trinajstić information content (AvgIpc) is 1.82. The first-order valence-corrected chi connectivity index (χ1v) is 2.88. The zero-order valence-electron chi connectivity index (χ0n) is 5.55. The maximum atomic E-state index is 10.3. The quantitative estimate of drug-likeness (QED) is 0.432. The van der Waals surface area contributed by atoms with Gasteiger partial charge in [-0.3, -0.25) is 4.79 Å². The summed E-state index contributed by atoms with van der Waals surface area (Å²) in [6, 6.07) is -0.0671. The molecule has 0 aliphatic heterocycles. The number of hydrogen-bond acceptors (Lipinski definition) is 3. The molecule has 0 atom stereocenters. The standard InChI is InChI=1S/C5H13N3O/c1-4(9)8-5(2-6)3-7/h5H,2-3,6-7H2,1H3,(H,8,9). The first-order chi connectivity index (χ1) is 4.20. The Balaban J connectivity index is 3.43. The lowest BCUT2D eigenvalue weighted by Gasteiger charge is -2.11. The van der Waals surface area contributed by atoms with Crippen LogP contribution in [-0.4, -0.2) is 25.0 Å². The normalized spacial score (nSPS) is 9.78. The van der Waals surface area contributed by atoms with Gasteiger partial charge in [0, 0.05) is 20.0 Å². The third-order valence-corrected chi connectivity index (χ3v) is 0.976. The summed E-state index contributed by atoms with van der Waals surface area (Å²) in [5, 5.41) is 2.59. The van der Waals surface area contributed by atoms with Gasteiger partial charge in [0.25, 0.3) is 0 Å². The predicted molar refractivity (Wildman–Crippen MR) is 35.7 cm³/mol. The molecule has 0 aromatic carbocycles. The number of carbonyl (C=O) groups is 1. The van der Waals surface area contributed by atoms with Crippen LogP contribution in [0.25, 0.3) is 0 Å². The van der Waals surface area contributed by atoms with Crippen molar-refractivity contribution in [3.8, 4) is 0 Å². The van der Waals surface area contributed by atoms with Gasteiger partial charge in [-0.2, -0.15) is 0 Å². The van der Waals surface area contributed by atoms with Crippen LogP contribution in [0.5, 0.6) is 0 Å². The highest BCUT2D eigenvalue weighted by atomic mass is 16.1. The molecule has 4 nitrogen and oxygen atoms in total. The van der Waals surface area contributed by atoms with Gasteiger partial charge in [-0.05, 0) is 0 Å². The second-order valence-corrected chi connectivity index (χ2v) is 1.87. The number of nitrogens with two attached hydrogens (primary N) is 2. The Kier molecular flexibility index (Phi) is 4.00. The molecule has 0 unspecified atom stereocenters. The summed E-state index contributed by atoms with van der Waals surface area (Å²) in [5.41, 5.74) is 10.5. The number of amides is 1. The highest BCUT2D eigenvalue weighted by molar-refractivity contribution is 5.73. The van der Waals surface area contributed by atoms with Crippen molar-refractivity contribution in [1.82, 2.24) is 5.32 Å². The van der Waals surface area contributed by atoms with Gasteiger partial charge in [-0.25, -0.2) is 0 Å². The van der Waals surface area contributed by atoms with Crippen LogP contribution in [0.3, 0.4) is 0 Å². The number of nitrogens with one attached hydrogen (secondary N) is 1. The fourth-order valence-corrected chi connectivity index (χ4v) is 0.502. The lowest BCUT2D eigenvalue weighted by Crippen LogP contribution is -2.44. The average molecular weight is 131 g/mol. The molecule has 0 rings (SSSR count). The molecule has 0 radical (unpaired) electrons. The highest BCUT2D eigenvalue weighted by Gasteiger charge is 2.02. The Hall–Kier alpha value is -0.610. The lowest BCUT2D eigenvalue weighted by molar-refractivity contribution is -0.119. The molecule has 0 saturated heterocycles. The zero-order valence-corrected chi connectivity index (χ0v) is 5.55. The fourth-order valence-electron chi connectivity index (χ4n) is 0.502. The lowest BCUT2D eigenvalue weighted by atomic mass is 10.3. The van der Waals surface area contributed by atoms with E-state index in [1.165, 1.54) is 6.92 Å². The molecule has 0 heterocycles. The van der Waals surface area contributed by atoms with E-state index in [9.17, 15) is 4.79 Å². The molecular weight excluding hydrogens is 118 g/mol. The van der Waals surface area contributed by atoms with Gasteiger partial charge < -0.3 is 16.8 Å². The molecular formula is C5H13N3O. The minimum atomic E-state index is -0.0871. The summed E-state index contributed by atoms with van der Waals surface area (Å²) < 4.78 is 0. The third-order valence-electron chi connectivity index (χ3n) is 0.976. The second kappa shape index (κ2) is 4.29. The maximum absolute atomic E-state index is 10.3. The monoisotopic (exact) mass is 131 g/mol. The molecule has 1 amide bonds. The SMILES string of the molecule is CC(=O)NC(CN)CN. The van der Waals surface area contributed by atoms with Gasteiger partial charge in [-0.15, -0.1) is 0 Å². The summed E-state index contributed by atoms with van der Waals surface area (Å²) in [6.45, 7) is 2.24. The van der Waals surface area contributed by atoms with Crippen molar-refractivity contribution >= 4 is 5.91 Å². The zero-order chi connectivity index (χ0) is 7.28. The largest absolute Gasteiger partial charge is 0.351 e. The van der Waals surface area contributed by atoms with E-state index in [1.54, 1.807) is 0 Å². The van der Waals surface area contributed by atoms with E-state index in [0.717, 1.165) is 0 Å². The molecule has 0 aliphatic rings. The van der Waals surface area contributed by atoms with E-state index in [0.29, 0.717) is 13.1 Å². The summed E-state index contributed by atoms with van der Waals surface area (Å²) >= 11 is 0. The Labute approximate surface area is 54.6 Å². The van der Waals surface area contributed by atoms with E-state index in [-0.39, 0.29) is 11.9 Å². The van der Waals surface area contributed by atoms with Crippen molar-refractivity contribution in [2.24, 2.45) is 11.5 Å². The summed E-state index contributed by atoms with van der Waals surface area (Å²) in [6.07, 6.45) is 0. The van der Waals surface area contributed by atoms with E-state index in [1.807, 2.05) is 0 Å². The van der Waals surface area contributed by atoms with Gasteiger partial charge in [0.1, 0.15) is 0 Å². The van der Waals surface area contributed by atoms with Crippen LogP contribution in [-0.2, 0) is 4.79 Å². The summed E-state index contributed by atoms with van der Waals surface area (Å²) in [5.74, 6) is -0.0871. The van der Waals surface area contributed by atoms with Crippen molar-refractivity contribution in [2.75, 3.05) is 13.1 Å². The Morgan fingerprint density at radius 1 is 1.56 bits per heavy atom. The molecule has 9 heavy (non-hydrogen) atoms. The predicted octanol–water partition coefficient (Wildman–Crippen LogP) is -1.59. The van der Waals surface area contributed by atoms with Crippen LogP contribution in [0.2, 0.25) is 0 Å². The second-order valence-electron chi connectivity index (χ2n) is 1.87. The third kappa shape index (κ3) is 3.93. The van der Waals surface area contributed by atoms with Gasteiger partial charge in [0.15, 0.2) is 0 Å². The van der Waals surface area contributed by atoms with Crippen LogP contribution < -0.4 is 16.8 Å². The first-order valence-electron chi connectivity index (χ1n) is 2.88. The molecule has 0 aromatic rings. The molecule has 0 fully saturated rings. The van der Waals surface area contributed by atoms with Crippen LogP contribution >= 0.6 is 0 Å². The van der Waals surface area contributed by atoms with Crippen LogP contribution in [0.4, 0.5) is 0 Å². The molecule has 0 saturated carbocycles. The van der Waals surface area contributed by atoms with Crippen LogP contribution in [0.15, 0.2) is 0 Å². The summed E-state index contributed by atoms with van der Waals surface area (Å²) in [7, 11) is 0. The maximum Gasteiger partial charge on any atom is 0.217 e. The van der Waals surface area contributed by atoms with Crippen molar-refractivity contribution in [2.45, 2.75) is 13.0 Å². The van der Waals surface area contributed by atoms with Gasteiger partial charge in [-0.1, -0.05) is 0 Å². The van der Waals surface area contributed by atoms with E-state index in [4.69, 9.17) is 11.5 Å². The highest BCUT2D eigenvalue weighted by Crippen LogP contribution is 1.73. The number of carbonyl (C=O) groups excluding carboxylic acids is 1.